The van der Waals surface area contributed by atoms with E-state index >= 15 is 0 Å². The molecular weight excluding hydrogens is 276 g/mol. The Kier molecular flexibility index (Phi) is 4.11. The average Bonchev–Trinajstić information content (AvgIpc) is 2.30. The third kappa shape index (κ3) is 3.12. The van der Waals surface area contributed by atoms with Crippen molar-refractivity contribution in [2.75, 3.05) is 0 Å². The first-order chi connectivity index (χ1) is 9.79. The van der Waals surface area contributed by atoms with Gasteiger partial charge < -0.3 is 10.1 Å². The van der Waals surface area contributed by atoms with Gasteiger partial charge >= 0.3 is 0 Å². The van der Waals surface area contributed by atoms with Crippen LogP contribution in [0.25, 0.3) is 11.1 Å². The molecule has 112 valence electrons. The summed E-state index contributed by atoms with van der Waals surface area (Å²) < 4.78 is 27.9. The van der Waals surface area contributed by atoms with Crippen LogP contribution >= 0.6 is 0 Å². The number of H-pyrrole nitrogens is 1. The van der Waals surface area contributed by atoms with Crippen molar-refractivity contribution in [2.45, 2.75) is 27.2 Å². The SMILES string of the molecule is Cc1cc(F)c(-c2c(O)cc(CC(C)C)[nH]c2=O)c(F)c1. The van der Waals surface area contributed by atoms with Crippen molar-refractivity contribution < 1.29 is 13.9 Å². The number of aromatic hydroxyl groups is 1. The molecule has 0 unspecified atom stereocenters. The molecule has 0 bridgehead atoms. The molecule has 0 amide bonds. The third-order valence-electron chi connectivity index (χ3n) is 3.13. The number of pyridine rings is 1. The maximum Gasteiger partial charge on any atom is 0.260 e. The molecule has 0 aliphatic rings. The van der Waals surface area contributed by atoms with Crippen LogP contribution in [0.1, 0.15) is 25.1 Å². The summed E-state index contributed by atoms with van der Waals surface area (Å²) in [6.45, 7) is 5.47. The number of aromatic nitrogens is 1. The van der Waals surface area contributed by atoms with Crippen LogP contribution in [-0.2, 0) is 6.42 Å². The van der Waals surface area contributed by atoms with Gasteiger partial charge in [0.1, 0.15) is 17.4 Å². The standard InChI is InChI=1S/C16H17F2NO2/c1-8(2)4-10-7-13(20)15(16(21)19-10)14-11(17)5-9(3)6-12(14)18/h5-8H,4H2,1-3H3,(H2,19,20,21). The summed E-state index contributed by atoms with van der Waals surface area (Å²) in [4.78, 5) is 14.6. The lowest BCUT2D eigenvalue weighted by Crippen LogP contribution is -2.14. The molecule has 0 radical (unpaired) electrons. The molecule has 2 rings (SSSR count). The number of aromatic amines is 1. The number of hydrogen-bond donors (Lipinski definition) is 2. The second kappa shape index (κ2) is 5.68. The number of rotatable bonds is 3. The van der Waals surface area contributed by atoms with E-state index in [9.17, 15) is 18.7 Å². The van der Waals surface area contributed by atoms with Gasteiger partial charge in [0.25, 0.3) is 5.56 Å². The number of nitrogens with one attached hydrogen (secondary N) is 1. The summed E-state index contributed by atoms with van der Waals surface area (Å²) in [5.41, 5.74) is -0.648. The Morgan fingerprint density at radius 2 is 1.71 bits per heavy atom. The number of hydrogen-bond acceptors (Lipinski definition) is 2. The van der Waals surface area contributed by atoms with E-state index in [2.05, 4.69) is 4.98 Å². The van der Waals surface area contributed by atoms with E-state index in [0.717, 1.165) is 12.1 Å². The Hall–Kier alpha value is -2.17. The minimum Gasteiger partial charge on any atom is -0.507 e. The van der Waals surface area contributed by atoms with E-state index < -0.39 is 28.5 Å². The van der Waals surface area contributed by atoms with E-state index in [1.807, 2.05) is 13.8 Å². The fourth-order valence-electron chi connectivity index (χ4n) is 2.33. The third-order valence-corrected chi connectivity index (χ3v) is 3.13. The molecule has 0 aliphatic heterocycles. The summed E-state index contributed by atoms with van der Waals surface area (Å²) in [6.07, 6.45) is 0.557. The summed E-state index contributed by atoms with van der Waals surface area (Å²) in [7, 11) is 0. The Morgan fingerprint density at radius 3 is 2.19 bits per heavy atom. The molecule has 21 heavy (non-hydrogen) atoms. The minimum atomic E-state index is -0.870. The van der Waals surface area contributed by atoms with Gasteiger partial charge in [-0.1, -0.05) is 13.8 Å². The second-order valence-electron chi connectivity index (χ2n) is 5.59. The molecular formula is C16H17F2NO2. The largest absolute Gasteiger partial charge is 0.507 e. The molecule has 0 spiro atoms. The number of benzene rings is 1. The molecule has 3 nitrogen and oxygen atoms in total. The predicted molar refractivity (Wildman–Crippen MR) is 77.4 cm³/mol. The molecule has 0 fully saturated rings. The van der Waals surface area contributed by atoms with Crippen LogP contribution in [-0.4, -0.2) is 10.1 Å². The Morgan fingerprint density at radius 1 is 1.14 bits per heavy atom. The zero-order valence-corrected chi connectivity index (χ0v) is 12.1. The molecule has 0 atom stereocenters. The molecule has 2 N–H and O–H groups in total. The van der Waals surface area contributed by atoms with Gasteiger partial charge in [0.05, 0.1) is 11.1 Å². The van der Waals surface area contributed by atoms with Gasteiger partial charge in [0, 0.05) is 11.8 Å². The van der Waals surface area contributed by atoms with E-state index in [4.69, 9.17) is 0 Å². The average molecular weight is 293 g/mol. The van der Waals surface area contributed by atoms with Gasteiger partial charge in [0.15, 0.2) is 0 Å². The van der Waals surface area contributed by atoms with Crippen LogP contribution in [0, 0.1) is 24.5 Å². The lowest BCUT2D eigenvalue weighted by atomic mass is 10.0. The lowest BCUT2D eigenvalue weighted by molar-refractivity contribution is 0.472. The first-order valence-electron chi connectivity index (χ1n) is 6.70. The Bertz CT molecular complexity index is 713. The highest BCUT2D eigenvalue weighted by atomic mass is 19.1. The Labute approximate surface area is 121 Å². The maximum absolute atomic E-state index is 14.0. The first-order valence-corrected chi connectivity index (χ1v) is 6.70. The molecule has 2 aromatic rings. The van der Waals surface area contributed by atoms with Gasteiger partial charge in [-0.15, -0.1) is 0 Å². The number of halogens is 2. The summed E-state index contributed by atoms with van der Waals surface area (Å²) in [5, 5.41) is 10.0. The fraction of sp³-hybridized carbons (Fsp3) is 0.312. The van der Waals surface area contributed by atoms with E-state index in [1.165, 1.54) is 6.07 Å². The van der Waals surface area contributed by atoms with E-state index in [0.29, 0.717) is 17.7 Å². The summed E-state index contributed by atoms with van der Waals surface area (Å²) >= 11 is 0. The van der Waals surface area contributed by atoms with Gasteiger partial charge in [-0.25, -0.2) is 8.78 Å². The molecule has 1 aromatic heterocycles. The minimum absolute atomic E-state index is 0.277. The van der Waals surface area contributed by atoms with Crippen LogP contribution in [0.2, 0.25) is 0 Å². The molecule has 1 heterocycles. The van der Waals surface area contributed by atoms with E-state index in [1.54, 1.807) is 6.92 Å². The quantitative estimate of drug-likeness (QED) is 0.909. The van der Waals surface area contributed by atoms with Gasteiger partial charge in [-0.2, -0.15) is 0 Å². The van der Waals surface area contributed by atoms with Gasteiger partial charge in [-0.3, -0.25) is 4.79 Å². The van der Waals surface area contributed by atoms with Crippen LogP contribution < -0.4 is 5.56 Å². The zero-order valence-electron chi connectivity index (χ0n) is 12.1. The predicted octanol–water partition coefficient (Wildman–Crippen LogP) is 3.53. The molecule has 0 saturated carbocycles. The van der Waals surface area contributed by atoms with Crippen molar-refractivity contribution >= 4 is 0 Å². The second-order valence-corrected chi connectivity index (χ2v) is 5.59. The van der Waals surface area contributed by atoms with Crippen molar-refractivity contribution in [1.82, 2.24) is 4.98 Å². The number of aryl methyl sites for hydroxylation is 1. The van der Waals surface area contributed by atoms with Gasteiger partial charge in [-0.05, 0) is 37.0 Å². The monoisotopic (exact) mass is 293 g/mol. The smallest absolute Gasteiger partial charge is 0.260 e. The fourth-order valence-corrected chi connectivity index (χ4v) is 2.33. The van der Waals surface area contributed by atoms with Crippen molar-refractivity contribution in [2.24, 2.45) is 5.92 Å². The Balaban J connectivity index is 2.64. The normalized spacial score (nSPS) is 11.1. The molecule has 0 saturated heterocycles. The lowest BCUT2D eigenvalue weighted by Gasteiger charge is -2.10. The van der Waals surface area contributed by atoms with Crippen LogP contribution in [0.3, 0.4) is 0 Å². The van der Waals surface area contributed by atoms with Crippen molar-refractivity contribution in [1.29, 1.82) is 0 Å². The van der Waals surface area contributed by atoms with Gasteiger partial charge in [0.2, 0.25) is 0 Å². The zero-order chi connectivity index (χ0) is 15.7. The molecule has 5 heteroatoms. The highest BCUT2D eigenvalue weighted by molar-refractivity contribution is 5.70. The summed E-state index contributed by atoms with van der Waals surface area (Å²) in [6, 6.07) is 3.59. The van der Waals surface area contributed by atoms with Crippen LogP contribution in [0.4, 0.5) is 8.78 Å². The van der Waals surface area contributed by atoms with Crippen LogP contribution in [0.15, 0.2) is 23.0 Å². The van der Waals surface area contributed by atoms with Crippen LogP contribution in [0.5, 0.6) is 5.75 Å². The summed E-state index contributed by atoms with van der Waals surface area (Å²) in [5.74, 6) is -1.88. The first kappa shape index (κ1) is 15.2. The maximum atomic E-state index is 14.0. The van der Waals surface area contributed by atoms with Crippen molar-refractivity contribution in [3.05, 3.63) is 51.4 Å². The highest BCUT2D eigenvalue weighted by Gasteiger charge is 2.20. The molecule has 0 aliphatic carbocycles. The van der Waals surface area contributed by atoms with Crippen molar-refractivity contribution in [3.8, 4) is 16.9 Å². The van der Waals surface area contributed by atoms with E-state index in [-0.39, 0.29) is 11.5 Å². The topological polar surface area (TPSA) is 53.1 Å². The van der Waals surface area contributed by atoms with Crippen molar-refractivity contribution in [3.63, 3.8) is 0 Å². The highest BCUT2D eigenvalue weighted by Crippen LogP contribution is 2.31. The molecule has 1 aromatic carbocycles.